The number of cyclic esters (lactones) is 1. The Balaban J connectivity index is 2.14. The van der Waals surface area contributed by atoms with Gasteiger partial charge in [-0.15, -0.1) is 0 Å². The molecule has 0 bridgehead atoms. The first-order valence-electron chi connectivity index (χ1n) is 11.3. The van der Waals surface area contributed by atoms with Crippen molar-refractivity contribution in [2.24, 2.45) is 29.1 Å². The van der Waals surface area contributed by atoms with Crippen LogP contribution < -0.4 is 0 Å². The van der Waals surface area contributed by atoms with E-state index in [9.17, 15) is 19.8 Å². The summed E-state index contributed by atoms with van der Waals surface area (Å²) in [4.78, 5) is 25.1. The van der Waals surface area contributed by atoms with Crippen molar-refractivity contribution in [2.45, 2.75) is 79.4 Å². The van der Waals surface area contributed by atoms with Gasteiger partial charge in [0, 0.05) is 5.92 Å². The van der Waals surface area contributed by atoms with Gasteiger partial charge in [0.2, 0.25) is 6.29 Å². The van der Waals surface area contributed by atoms with E-state index >= 15 is 0 Å². The van der Waals surface area contributed by atoms with Gasteiger partial charge >= 0.3 is 11.9 Å². The molecule has 0 amide bonds. The zero-order valence-electron chi connectivity index (χ0n) is 18.9. The van der Waals surface area contributed by atoms with Crippen LogP contribution in [0.2, 0.25) is 0 Å². The highest BCUT2D eigenvalue weighted by Crippen LogP contribution is 2.49. The smallest absolute Gasteiger partial charge is 0.335 e. The fraction of sp³-hybridized carbons (Fsp3) is 0.680. The van der Waals surface area contributed by atoms with Gasteiger partial charge in [-0.2, -0.15) is 0 Å². The predicted octanol–water partition coefficient (Wildman–Crippen LogP) is 5.01. The van der Waals surface area contributed by atoms with E-state index in [0.29, 0.717) is 24.3 Å². The van der Waals surface area contributed by atoms with Gasteiger partial charge in [0.25, 0.3) is 0 Å². The van der Waals surface area contributed by atoms with Gasteiger partial charge < -0.3 is 14.9 Å². The fourth-order valence-corrected chi connectivity index (χ4v) is 5.65. The number of carboxylic acid groups (broad SMARTS) is 1. The molecule has 3 aliphatic rings. The number of esters is 1. The summed E-state index contributed by atoms with van der Waals surface area (Å²) in [6.45, 7) is 10.2. The number of hydrogen-bond donors (Lipinski definition) is 2. The molecular formula is C25H36O5. The van der Waals surface area contributed by atoms with Gasteiger partial charge in [-0.05, 0) is 75.7 Å². The summed E-state index contributed by atoms with van der Waals surface area (Å²) in [7, 11) is 0. The molecular weight excluding hydrogens is 380 g/mol. The summed E-state index contributed by atoms with van der Waals surface area (Å²) < 4.78 is 5.39. The predicted molar refractivity (Wildman–Crippen MR) is 115 cm³/mol. The van der Waals surface area contributed by atoms with Crippen LogP contribution in [0.15, 0.2) is 34.4 Å². The third-order valence-electron chi connectivity index (χ3n) is 7.68. The summed E-state index contributed by atoms with van der Waals surface area (Å²) in [5.41, 5.74) is 3.04. The number of allylic oxidation sites excluding steroid dienone is 4. The zero-order chi connectivity index (χ0) is 22.2. The third kappa shape index (κ3) is 4.14. The second-order valence-electron chi connectivity index (χ2n) is 10.00. The van der Waals surface area contributed by atoms with Crippen molar-refractivity contribution in [1.29, 1.82) is 0 Å². The van der Waals surface area contributed by atoms with E-state index in [1.807, 2.05) is 26.8 Å². The van der Waals surface area contributed by atoms with Crippen LogP contribution in [0.3, 0.4) is 0 Å². The van der Waals surface area contributed by atoms with E-state index in [1.165, 1.54) is 11.1 Å². The van der Waals surface area contributed by atoms with Crippen LogP contribution in [0.4, 0.5) is 0 Å². The highest BCUT2D eigenvalue weighted by atomic mass is 16.6. The molecule has 1 aliphatic heterocycles. The lowest BCUT2D eigenvalue weighted by atomic mass is 9.62. The van der Waals surface area contributed by atoms with Crippen molar-refractivity contribution in [3.05, 3.63) is 34.4 Å². The Kier molecular flexibility index (Phi) is 6.61. The number of aliphatic hydroxyl groups is 1. The molecule has 0 saturated carbocycles. The molecule has 5 atom stereocenters. The number of carbonyl (C=O) groups is 2. The van der Waals surface area contributed by atoms with E-state index in [2.05, 4.69) is 19.9 Å². The first kappa shape index (κ1) is 22.8. The maximum Gasteiger partial charge on any atom is 0.335 e. The topological polar surface area (TPSA) is 83.8 Å². The Bertz CT molecular complexity index is 802. The summed E-state index contributed by atoms with van der Waals surface area (Å²) in [6, 6.07) is 0. The molecule has 0 spiro atoms. The number of aliphatic hydroxyl groups excluding tert-OH is 1. The van der Waals surface area contributed by atoms with Crippen molar-refractivity contribution in [1.82, 2.24) is 0 Å². The maximum absolute atomic E-state index is 12.9. The second kappa shape index (κ2) is 8.70. The normalized spacial score (nSPS) is 39.0. The number of aliphatic carboxylic acids is 1. The zero-order valence-corrected chi connectivity index (χ0v) is 18.9. The highest BCUT2D eigenvalue weighted by molar-refractivity contribution is 5.92. The highest BCUT2D eigenvalue weighted by Gasteiger charge is 2.53. The molecule has 0 radical (unpaired) electrons. The largest absolute Gasteiger partial charge is 0.478 e. The minimum Gasteiger partial charge on any atom is -0.478 e. The van der Waals surface area contributed by atoms with Crippen LogP contribution in [0.1, 0.15) is 73.1 Å². The van der Waals surface area contributed by atoms with E-state index < -0.39 is 23.6 Å². The lowest BCUT2D eigenvalue weighted by Gasteiger charge is -2.47. The number of ether oxygens (including phenoxy) is 1. The molecule has 0 aromatic rings. The maximum atomic E-state index is 12.9. The van der Waals surface area contributed by atoms with Gasteiger partial charge in [0.1, 0.15) is 0 Å². The Morgan fingerprint density at radius 3 is 2.57 bits per heavy atom. The minimum absolute atomic E-state index is 0.0957. The van der Waals surface area contributed by atoms with Crippen molar-refractivity contribution in [3.8, 4) is 0 Å². The van der Waals surface area contributed by atoms with Gasteiger partial charge in [-0.3, -0.25) is 4.79 Å². The average Bonchev–Trinajstić information content (AvgIpc) is 3.01. The molecule has 0 unspecified atom stereocenters. The molecule has 2 N–H and O–H groups in total. The van der Waals surface area contributed by atoms with Crippen molar-refractivity contribution >= 4 is 11.9 Å². The monoisotopic (exact) mass is 416 g/mol. The number of carboxylic acids is 1. The molecule has 2 aliphatic carbocycles. The first-order valence-corrected chi connectivity index (χ1v) is 11.3. The van der Waals surface area contributed by atoms with Crippen molar-refractivity contribution in [2.75, 3.05) is 0 Å². The molecule has 1 fully saturated rings. The molecule has 5 heteroatoms. The van der Waals surface area contributed by atoms with Crippen LogP contribution >= 0.6 is 0 Å². The van der Waals surface area contributed by atoms with Gasteiger partial charge in [0.05, 0.1) is 11.0 Å². The van der Waals surface area contributed by atoms with E-state index in [1.54, 1.807) is 0 Å². The van der Waals surface area contributed by atoms with Crippen LogP contribution in [0.5, 0.6) is 0 Å². The number of hydrogen-bond acceptors (Lipinski definition) is 4. The molecule has 166 valence electrons. The lowest BCUT2D eigenvalue weighted by molar-refractivity contribution is -0.226. The number of fused-ring (bicyclic) bond motifs is 1. The summed E-state index contributed by atoms with van der Waals surface area (Å²) >= 11 is 0. The summed E-state index contributed by atoms with van der Waals surface area (Å²) in [6.07, 6.45) is 7.28. The third-order valence-corrected chi connectivity index (χ3v) is 7.68. The molecule has 3 rings (SSSR count). The summed E-state index contributed by atoms with van der Waals surface area (Å²) in [5.74, 6) is -1.24. The quantitative estimate of drug-likeness (QED) is 0.488. The Morgan fingerprint density at radius 2 is 1.93 bits per heavy atom. The fourth-order valence-electron chi connectivity index (χ4n) is 5.65. The number of carbonyl (C=O) groups excluding carboxylic acids is 1. The lowest BCUT2D eigenvalue weighted by Crippen LogP contribution is -2.53. The molecule has 1 saturated heterocycles. The second-order valence-corrected chi connectivity index (χ2v) is 10.00. The Morgan fingerprint density at radius 1 is 1.23 bits per heavy atom. The van der Waals surface area contributed by atoms with Gasteiger partial charge in [-0.1, -0.05) is 44.1 Å². The van der Waals surface area contributed by atoms with Gasteiger partial charge in [-0.25, -0.2) is 4.79 Å². The molecule has 1 heterocycles. The standard InChI is InChI=1S/C25H36O5/c1-14(2)21-20-11-10-19(22(26)27)18-9-7-16(4)17(18)8-6-15(3)12-13-25(20,5)24(29)30-23(21)28/h10,12,14,16,20-21,23,28H,6-9,11,13H2,1-5H3,(H,26,27)/b15-12-,19-10+/t16-,20+,21+,23+,25-/m0/s1. The molecule has 0 aromatic heterocycles. The summed E-state index contributed by atoms with van der Waals surface area (Å²) in [5, 5.41) is 20.6. The van der Waals surface area contributed by atoms with E-state index in [-0.39, 0.29) is 17.8 Å². The van der Waals surface area contributed by atoms with Crippen LogP contribution in [-0.2, 0) is 14.3 Å². The average molecular weight is 417 g/mol. The van der Waals surface area contributed by atoms with Gasteiger partial charge in [0.15, 0.2) is 0 Å². The van der Waals surface area contributed by atoms with Crippen molar-refractivity contribution < 1.29 is 24.5 Å². The Hall–Kier alpha value is -1.88. The van der Waals surface area contributed by atoms with E-state index in [4.69, 9.17) is 4.74 Å². The minimum atomic E-state index is -1.16. The molecule has 30 heavy (non-hydrogen) atoms. The number of rotatable bonds is 2. The SMILES string of the molecule is C/C1=C/C[C@]2(C)C(=O)O[C@@H](O)[C@H](C(C)C)[C@H]2C/C=C(/C(=O)O)C2=C(CC1)[C@@H](C)CC2. The molecule has 0 aromatic carbocycles. The van der Waals surface area contributed by atoms with Crippen LogP contribution in [0.25, 0.3) is 0 Å². The van der Waals surface area contributed by atoms with Crippen molar-refractivity contribution in [3.63, 3.8) is 0 Å². The Labute approximate surface area is 179 Å². The van der Waals surface area contributed by atoms with E-state index in [0.717, 1.165) is 31.3 Å². The molecule has 5 nitrogen and oxygen atoms in total. The van der Waals surface area contributed by atoms with Crippen LogP contribution in [0, 0.1) is 29.1 Å². The van der Waals surface area contributed by atoms with Crippen LogP contribution in [-0.4, -0.2) is 28.4 Å². The first-order chi connectivity index (χ1) is 14.1.